The minimum absolute atomic E-state index is 0.0440. The lowest BCUT2D eigenvalue weighted by molar-refractivity contribution is 0.602. The largest absolute Gasteiger partial charge is 0.282 e. The molecule has 0 aromatic carbocycles. The number of sulfonamides is 1. The molecule has 0 unspecified atom stereocenters. The molecule has 1 rings (SSSR count). The van der Waals surface area contributed by atoms with Gasteiger partial charge in [-0.25, -0.2) is 8.42 Å². The van der Waals surface area contributed by atoms with Crippen LogP contribution in [0.5, 0.6) is 0 Å². The molecule has 0 saturated carbocycles. The van der Waals surface area contributed by atoms with Crippen molar-refractivity contribution in [1.29, 1.82) is 0 Å². The number of aromatic nitrogens is 1. The monoisotopic (exact) mass is 268 g/mol. The second-order valence-electron chi connectivity index (χ2n) is 2.90. The zero-order valence-corrected chi connectivity index (χ0v) is 10.3. The van der Waals surface area contributed by atoms with Gasteiger partial charge in [0.15, 0.2) is 0 Å². The Labute approximate surface area is 98.7 Å². The van der Waals surface area contributed by atoms with Gasteiger partial charge in [-0.3, -0.25) is 9.71 Å². The summed E-state index contributed by atoms with van der Waals surface area (Å²) in [6.07, 6.45) is 2.86. The molecule has 1 heterocycles. The molecule has 1 aromatic rings. The molecule has 0 atom stereocenters. The molecule has 1 N–H and O–H groups in total. The molecular formula is C8H10Cl2N2O2S. The van der Waals surface area contributed by atoms with E-state index in [0.29, 0.717) is 16.3 Å². The summed E-state index contributed by atoms with van der Waals surface area (Å²) in [5, 5.41) is 0.418. The fourth-order valence-electron chi connectivity index (χ4n) is 0.923. The third-order valence-electron chi connectivity index (χ3n) is 1.77. The number of nitrogens with zero attached hydrogens (tertiary/aromatic N) is 1. The minimum Gasteiger partial charge on any atom is -0.282 e. The molecule has 0 bridgehead atoms. The lowest BCUT2D eigenvalue weighted by Crippen LogP contribution is -2.18. The van der Waals surface area contributed by atoms with Gasteiger partial charge in [0, 0.05) is 12.1 Å². The van der Waals surface area contributed by atoms with Crippen molar-refractivity contribution >= 4 is 38.9 Å². The van der Waals surface area contributed by atoms with E-state index in [2.05, 4.69) is 9.71 Å². The molecule has 0 aliphatic carbocycles. The second-order valence-corrected chi connectivity index (χ2v) is 5.53. The Morgan fingerprint density at radius 3 is 2.73 bits per heavy atom. The molecule has 0 saturated heterocycles. The van der Waals surface area contributed by atoms with Crippen LogP contribution < -0.4 is 4.72 Å². The van der Waals surface area contributed by atoms with E-state index in [1.165, 1.54) is 12.4 Å². The Hall–Kier alpha value is -0.520. The summed E-state index contributed by atoms with van der Waals surface area (Å²) in [7, 11) is -3.40. The summed E-state index contributed by atoms with van der Waals surface area (Å²) in [4.78, 5) is 3.80. The Kier molecular flexibility index (Phi) is 4.19. The van der Waals surface area contributed by atoms with E-state index in [1.54, 1.807) is 6.92 Å². The van der Waals surface area contributed by atoms with Crippen LogP contribution in [0.1, 0.15) is 5.56 Å². The second kappa shape index (κ2) is 5.01. The van der Waals surface area contributed by atoms with Crippen LogP contribution in [0.15, 0.2) is 12.4 Å². The highest BCUT2D eigenvalue weighted by atomic mass is 35.5. The van der Waals surface area contributed by atoms with Crippen molar-refractivity contribution < 1.29 is 8.42 Å². The first kappa shape index (κ1) is 12.5. The number of alkyl halides is 1. The van der Waals surface area contributed by atoms with Crippen LogP contribution in [0.25, 0.3) is 0 Å². The van der Waals surface area contributed by atoms with E-state index in [0.717, 1.165) is 0 Å². The molecule has 0 aliphatic rings. The average Bonchev–Trinajstić information content (AvgIpc) is 2.12. The van der Waals surface area contributed by atoms with E-state index in [9.17, 15) is 8.42 Å². The maximum absolute atomic E-state index is 11.4. The summed E-state index contributed by atoms with van der Waals surface area (Å²) in [5.41, 5.74) is 1.03. The van der Waals surface area contributed by atoms with E-state index >= 15 is 0 Å². The van der Waals surface area contributed by atoms with Gasteiger partial charge in [-0.1, -0.05) is 11.6 Å². The van der Waals surface area contributed by atoms with Crippen molar-refractivity contribution in [3.8, 4) is 0 Å². The van der Waals surface area contributed by atoms with Gasteiger partial charge in [-0.05, 0) is 12.5 Å². The van der Waals surface area contributed by atoms with Crippen LogP contribution in [0.4, 0.5) is 5.69 Å². The Balaban J connectivity index is 2.95. The standard InChI is InChI=1S/C8H10Cl2N2O2S/c1-6-7(10)4-11-5-8(6)12-15(13,14)3-2-9/h4-5,12H,2-3H2,1H3. The smallest absolute Gasteiger partial charge is 0.233 e. The summed E-state index contributed by atoms with van der Waals surface area (Å²) in [6.45, 7) is 1.71. The SMILES string of the molecule is Cc1c(Cl)cncc1NS(=O)(=O)CCCl. The van der Waals surface area contributed by atoms with Crippen molar-refractivity contribution in [2.75, 3.05) is 16.4 Å². The van der Waals surface area contributed by atoms with Crippen molar-refractivity contribution in [2.24, 2.45) is 0 Å². The molecule has 0 fully saturated rings. The van der Waals surface area contributed by atoms with Gasteiger partial charge in [-0.15, -0.1) is 11.6 Å². The lowest BCUT2D eigenvalue weighted by atomic mass is 10.3. The fourth-order valence-corrected chi connectivity index (χ4v) is 2.54. The maximum atomic E-state index is 11.4. The topological polar surface area (TPSA) is 59.1 Å². The molecule has 15 heavy (non-hydrogen) atoms. The lowest BCUT2D eigenvalue weighted by Gasteiger charge is -2.09. The third kappa shape index (κ3) is 3.52. The van der Waals surface area contributed by atoms with Crippen molar-refractivity contribution in [3.63, 3.8) is 0 Å². The van der Waals surface area contributed by atoms with Gasteiger partial charge in [0.1, 0.15) is 0 Å². The Morgan fingerprint density at radius 2 is 2.13 bits per heavy atom. The molecular weight excluding hydrogens is 259 g/mol. The molecule has 0 radical (unpaired) electrons. The van der Waals surface area contributed by atoms with E-state index in [1.807, 2.05) is 0 Å². The van der Waals surface area contributed by atoms with Gasteiger partial charge in [0.2, 0.25) is 10.0 Å². The number of halogens is 2. The van der Waals surface area contributed by atoms with Gasteiger partial charge in [-0.2, -0.15) is 0 Å². The number of pyridine rings is 1. The van der Waals surface area contributed by atoms with Gasteiger partial charge >= 0.3 is 0 Å². The van der Waals surface area contributed by atoms with Gasteiger partial charge in [0.25, 0.3) is 0 Å². The Morgan fingerprint density at radius 1 is 1.47 bits per heavy atom. The normalized spacial score (nSPS) is 11.4. The third-order valence-corrected chi connectivity index (χ3v) is 3.83. The number of hydrogen-bond donors (Lipinski definition) is 1. The first-order valence-corrected chi connectivity index (χ1v) is 6.69. The van der Waals surface area contributed by atoms with Crippen LogP contribution in [-0.2, 0) is 10.0 Å². The first-order valence-electron chi connectivity index (χ1n) is 4.13. The van der Waals surface area contributed by atoms with Crippen LogP contribution in [-0.4, -0.2) is 25.0 Å². The highest BCUT2D eigenvalue weighted by molar-refractivity contribution is 7.92. The maximum Gasteiger partial charge on any atom is 0.233 e. The Bertz CT molecular complexity index is 448. The van der Waals surface area contributed by atoms with Crippen LogP contribution in [0.3, 0.4) is 0 Å². The van der Waals surface area contributed by atoms with E-state index < -0.39 is 10.0 Å². The average molecular weight is 269 g/mol. The summed E-state index contributed by atoms with van der Waals surface area (Å²) >= 11 is 11.2. The highest BCUT2D eigenvalue weighted by Crippen LogP contribution is 2.22. The predicted molar refractivity (Wildman–Crippen MR) is 62.1 cm³/mol. The number of nitrogens with one attached hydrogen (secondary N) is 1. The van der Waals surface area contributed by atoms with E-state index in [4.69, 9.17) is 23.2 Å². The summed E-state index contributed by atoms with van der Waals surface area (Å²) in [6, 6.07) is 0. The molecule has 7 heteroatoms. The number of rotatable bonds is 4. The van der Waals surface area contributed by atoms with Crippen molar-refractivity contribution in [2.45, 2.75) is 6.92 Å². The molecule has 0 aliphatic heterocycles. The summed E-state index contributed by atoms with van der Waals surface area (Å²) in [5.74, 6) is -0.0944. The highest BCUT2D eigenvalue weighted by Gasteiger charge is 2.12. The van der Waals surface area contributed by atoms with Gasteiger partial charge < -0.3 is 0 Å². The summed E-state index contributed by atoms with van der Waals surface area (Å²) < 4.78 is 25.2. The van der Waals surface area contributed by atoms with Crippen molar-refractivity contribution in [3.05, 3.63) is 23.0 Å². The van der Waals surface area contributed by atoms with Crippen LogP contribution in [0, 0.1) is 6.92 Å². The first-order chi connectivity index (χ1) is 6.96. The molecule has 0 amide bonds. The number of anilines is 1. The molecule has 1 aromatic heterocycles. The van der Waals surface area contributed by atoms with Crippen molar-refractivity contribution in [1.82, 2.24) is 4.98 Å². The van der Waals surface area contributed by atoms with Crippen LogP contribution >= 0.6 is 23.2 Å². The van der Waals surface area contributed by atoms with Crippen LogP contribution in [0.2, 0.25) is 5.02 Å². The predicted octanol–water partition coefficient (Wildman–Crippen LogP) is 2.02. The van der Waals surface area contributed by atoms with E-state index in [-0.39, 0.29) is 11.6 Å². The zero-order valence-electron chi connectivity index (χ0n) is 8.00. The fraction of sp³-hybridized carbons (Fsp3) is 0.375. The minimum atomic E-state index is -3.40. The zero-order chi connectivity index (χ0) is 11.5. The molecule has 84 valence electrons. The number of hydrogen-bond acceptors (Lipinski definition) is 3. The van der Waals surface area contributed by atoms with Gasteiger partial charge in [0.05, 0.1) is 22.7 Å². The quantitative estimate of drug-likeness (QED) is 0.851. The molecule has 0 spiro atoms. The molecule has 4 nitrogen and oxygen atoms in total.